The summed E-state index contributed by atoms with van der Waals surface area (Å²) in [6, 6.07) is 57.1. The minimum atomic E-state index is -0.945. The highest BCUT2D eigenvalue weighted by Gasteiger charge is 2.31. The molecule has 3 unspecified atom stereocenters. The van der Waals surface area contributed by atoms with Crippen molar-refractivity contribution in [1.29, 1.82) is 0 Å². The van der Waals surface area contributed by atoms with Gasteiger partial charge in [0, 0.05) is 98.4 Å². The Balaban J connectivity index is 1.13. The van der Waals surface area contributed by atoms with Gasteiger partial charge < -0.3 is 95.8 Å². The summed E-state index contributed by atoms with van der Waals surface area (Å²) in [6.07, 6.45) is -2.33. The van der Waals surface area contributed by atoms with Crippen LogP contribution in [0.1, 0.15) is 13.3 Å². The van der Waals surface area contributed by atoms with Crippen LogP contribution in [0.2, 0.25) is 0 Å². The first-order chi connectivity index (χ1) is 46.7. The van der Waals surface area contributed by atoms with E-state index >= 15 is 0 Å². The Labute approximate surface area is 564 Å². The van der Waals surface area contributed by atoms with Crippen molar-refractivity contribution in [2.75, 3.05) is 170 Å². The molecule has 0 spiro atoms. The number of anilines is 6. The van der Waals surface area contributed by atoms with Crippen molar-refractivity contribution in [2.45, 2.75) is 31.7 Å². The highest BCUT2D eigenvalue weighted by Crippen LogP contribution is 2.25. The average molecular weight is 1320 g/mol. The molecule has 0 radical (unpaired) electrons. The fourth-order valence-corrected chi connectivity index (χ4v) is 9.73. The van der Waals surface area contributed by atoms with Crippen LogP contribution in [-0.2, 0) is 14.2 Å². The lowest BCUT2D eigenvalue weighted by Gasteiger charge is -2.34. The Hall–Kier alpha value is -9.42. The Morgan fingerprint density at radius 1 is 0.333 bits per heavy atom. The number of guanidine groups is 6. The van der Waals surface area contributed by atoms with Crippen LogP contribution in [0.25, 0.3) is 0 Å². The quantitative estimate of drug-likeness (QED) is 0.0190. The van der Waals surface area contributed by atoms with Gasteiger partial charge in [0.25, 0.3) is 0 Å². The number of nitrogens with two attached hydrogens (primary N) is 6. The molecule has 6 aromatic carbocycles. The first-order valence-electron chi connectivity index (χ1n) is 32.4. The van der Waals surface area contributed by atoms with Gasteiger partial charge in [0.1, 0.15) is 0 Å². The van der Waals surface area contributed by atoms with Crippen LogP contribution in [-0.4, -0.2) is 222 Å². The monoisotopic (exact) mass is 1320 g/mol. The third kappa shape index (κ3) is 32.6. The van der Waals surface area contributed by atoms with Crippen molar-refractivity contribution >= 4 is 69.9 Å². The maximum Gasteiger partial charge on any atom is 0.193 e. The molecule has 6 aromatic rings. The number of hydrogen-bond acceptors (Lipinski definition) is 15. The van der Waals surface area contributed by atoms with Crippen LogP contribution in [0.4, 0.5) is 34.1 Å². The molecule has 0 amide bonds. The first kappa shape index (κ1) is 75.6. The maximum atomic E-state index is 11.7. The molecular formula is C69H101N21O6. The molecule has 3 atom stereocenters. The molecule has 27 nitrogen and oxygen atoms in total. The Bertz CT molecular complexity index is 2710. The molecule has 0 aliphatic heterocycles. The van der Waals surface area contributed by atoms with E-state index in [-0.39, 0.29) is 95.0 Å². The van der Waals surface area contributed by atoms with Crippen molar-refractivity contribution in [3.05, 3.63) is 182 Å². The number of aliphatic hydroxyl groups is 3. The van der Waals surface area contributed by atoms with Gasteiger partial charge in [0.2, 0.25) is 0 Å². The van der Waals surface area contributed by atoms with Gasteiger partial charge in [0.15, 0.2) is 35.8 Å². The minimum absolute atomic E-state index is 0.0428. The summed E-state index contributed by atoms with van der Waals surface area (Å²) in [7, 11) is 0. The Morgan fingerprint density at radius 3 is 0.677 bits per heavy atom. The molecule has 21 N–H and O–H groups in total. The van der Waals surface area contributed by atoms with Gasteiger partial charge in [-0.3, -0.25) is 44.7 Å². The van der Waals surface area contributed by atoms with E-state index in [0.29, 0.717) is 85.0 Å². The average Bonchev–Trinajstić information content (AvgIpc) is 2.20. The lowest BCUT2D eigenvalue weighted by Crippen LogP contribution is -2.43. The highest BCUT2D eigenvalue weighted by atomic mass is 16.5. The van der Waals surface area contributed by atoms with Crippen LogP contribution in [0, 0.1) is 5.41 Å². The largest absolute Gasteiger partial charge is 0.389 e. The smallest absolute Gasteiger partial charge is 0.193 e. The standard InChI is InChI=1S/C69H101N21O6/c1-2-69(51-94-48-60(91)45-88(39-33-76-63(70)82-54-21-9-3-10-22-54)40-34-77-64(71)83-55-23-11-4-12-24-55,52-95-49-61(92)46-89(41-35-78-65(72)84-56-25-13-5-14-26-56)42-36-79-66(73)85-57-27-15-6-16-28-57)53-96-50-62(93)47-90(43-37-80-67(74)86-58-29-17-7-18-30-58)44-38-81-68(75)87-59-31-19-8-20-32-59/h3-32,60-62,91-93H,2,33-53H2,1H3,(H3,70,76,82)(H3,71,77,83)(H3,72,78,84)(H3,73,79,85)(H3,74,80,86)(H3,75,81,87). The van der Waals surface area contributed by atoms with Crippen molar-refractivity contribution < 1.29 is 29.5 Å². The van der Waals surface area contributed by atoms with E-state index < -0.39 is 23.7 Å². The fraction of sp³-hybridized carbons (Fsp3) is 0.391. The van der Waals surface area contributed by atoms with Crippen LogP contribution >= 0.6 is 0 Å². The molecule has 0 saturated heterocycles. The zero-order valence-corrected chi connectivity index (χ0v) is 55.2. The summed E-state index contributed by atoms with van der Waals surface area (Å²) >= 11 is 0. The van der Waals surface area contributed by atoms with E-state index in [1.54, 1.807) is 0 Å². The molecule has 0 fully saturated rings. The van der Waals surface area contributed by atoms with Crippen molar-refractivity contribution in [3.8, 4) is 0 Å². The van der Waals surface area contributed by atoms with Crippen LogP contribution in [0.5, 0.6) is 0 Å². The maximum absolute atomic E-state index is 11.7. The number of nitrogens with one attached hydrogen (secondary N) is 6. The number of rotatable bonds is 43. The van der Waals surface area contributed by atoms with Gasteiger partial charge in [-0.15, -0.1) is 0 Å². The van der Waals surface area contributed by atoms with Gasteiger partial charge in [-0.2, -0.15) is 0 Å². The van der Waals surface area contributed by atoms with Crippen LogP contribution in [0.15, 0.2) is 212 Å². The summed E-state index contributed by atoms with van der Waals surface area (Å²) in [4.78, 5) is 33.4. The summed E-state index contributed by atoms with van der Waals surface area (Å²) in [6.45, 7) is 7.42. The summed E-state index contributed by atoms with van der Waals surface area (Å²) in [5.41, 5.74) is 41.7. The molecule has 0 bridgehead atoms. The predicted molar refractivity (Wildman–Crippen MR) is 392 cm³/mol. The number of aliphatic hydroxyl groups excluding tert-OH is 3. The summed E-state index contributed by atoms with van der Waals surface area (Å²) in [5.74, 6) is 1.54. The SMILES string of the molecule is CCC(COCC(O)CN(CCN=C(N)Nc1ccccc1)CCN=C(N)Nc1ccccc1)(COCC(O)CN(CCN=C(N)Nc1ccccc1)CCN=C(N)Nc1ccccc1)COCC(O)CN(CCN=C(N)Nc1ccccc1)CCN=C(N)Nc1ccccc1. The highest BCUT2D eigenvalue weighted by molar-refractivity contribution is 5.95. The second-order valence-electron chi connectivity index (χ2n) is 22.8. The van der Waals surface area contributed by atoms with E-state index in [2.05, 4.69) is 61.9 Å². The Kier molecular flexibility index (Phi) is 34.9. The van der Waals surface area contributed by atoms with Crippen LogP contribution in [0.3, 0.4) is 0 Å². The Morgan fingerprint density at radius 2 is 0.510 bits per heavy atom. The second kappa shape index (κ2) is 44.3. The molecule has 0 aromatic heterocycles. The lowest BCUT2D eigenvalue weighted by atomic mass is 9.88. The van der Waals surface area contributed by atoms with Crippen LogP contribution < -0.4 is 66.3 Å². The topological polar surface area (TPSA) is 401 Å². The predicted octanol–water partition coefficient (Wildman–Crippen LogP) is 3.98. The van der Waals surface area contributed by atoms with Crippen molar-refractivity contribution in [3.63, 3.8) is 0 Å². The number of para-hydroxylation sites is 6. The van der Waals surface area contributed by atoms with E-state index in [1.165, 1.54) is 0 Å². The molecule has 0 aliphatic rings. The van der Waals surface area contributed by atoms with Gasteiger partial charge in [-0.1, -0.05) is 116 Å². The number of benzene rings is 6. The molecular weight excluding hydrogens is 1220 g/mol. The normalized spacial score (nSPS) is 14.3. The van der Waals surface area contributed by atoms with Gasteiger partial charge in [-0.25, -0.2) is 0 Å². The fourth-order valence-electron chi connectivity index (χ4n) is 9.73. The van der Waals surface area contributed by atoms with Gasteiger partial charge >= 0.3 is 0 Å². The molecule has 6 rings (SSSR count). The summed E-state index contributed by atoms with van der Waals surface area (Å²) in [5, 5.41) is 53.7. The molecule has 0 heterocycles. The third-order valence-corrected chi connectivity index (χ3v) is 14.8. The molecule has 518 valence electrons. The number of nitrogens with zero attached hydrogens (tertiary/aromatic N) is 9. The molecule has 27 heteroatoms. The number of hydrogen-bond donors (Lipinski definition) is 15. The first-order valence-corrected chi connectivity index (χ1v) is 32.4. The molecule has 96 heavy (non-hydrogen) atoms. The zero-order valence-electron chi connectivity index (χ0n) is 55.2. The van der Waals surface area contributed by atoms with E-state index in [1.807, 2.05) is 204 Å². The minimum Gasteiger partial charge on any atom is -0.389 e. The van der Waals surface area contributed by atoms with Gasteiger partial charge in [0.05, 0.1) is 97.2 Å². The number of ether oxygens (including phenoxy) is 3. The lowest BCUT2D eigenvalue weighted by molar-refractivity contribution is -0.104. The molecule has 0 aliphatic carbocycles. The summed E-state index contributed by atoms with van der Waals surface area (Å²) < 4.78 is 19.2. The van der Waals surface area contributed by atoms with E-state index in [4.69, 9.17) is 48.6 Å². The molecule has 0 saturated carbocycles. The number of aliphatic imine (C=N–C) groups is 6. The third-order valence-electron chi connectivity index (χ3n) is 14.8. The van der Waals surface area contributed by atoms with E-state index in [0.717, 1.165) is 34.1 Å². The van der Waals surface area contributed by atoms with Crippen molar-refractivity contribution in [2.24, 2.45) is 69.8 Å². The van der Waals surface area contributed by atoms with Gasteiger partial charge in [-0.05, 0) is 79.2 Å². The van der Waals surface area contributed by atoms with Crippen molar-refractivity contribution in [1.82, 2.24) is 14.7 Å². The van der Waals surface area contributed by atoms with E-state index in [9.17, 15) is 15.3 Å². The zero-order chi connectivity index (χ0) is 68.3. The second-order valence-corrected chi connectivity index (χ2v) is 22.8.